The normalized spacial score (nSPS) is 9.45. The molecule has 0 aliphatic carbocycles. The van der Waals surface area contributed by atoms with Crippen LogP contribution in [0.1, 0.15) is 13.8 Å². The van der Waals surface area contributed by atoms with Crippen LogP contribution in [0.3, 0.4) is 0 Å². The van der Waals surface area contributed by atoms with E-state index < -0.39 is 10.1 Å². The lowest BCUT2D eigenvalue weighted by Gasteiger charge is -1.89. The van der Waals surface area contributed by atoms with Gasteiger partial charge in [-0.05, 0) is 6.92 Å². The van der Waals surface area contributed by atoms with Crippen LogP contribution >= 0.6 is 0 Å². The van der Waals surface area contributed by atoms with Gasteiger partial charge in [-0.2, -0.15) is 8.42 Å². The summed E-state index contributed by atoms with van der Waals surface area (Å²) in [7, 11) is -3.67. The molecule has 0 aromatic rings. The Balaban J connectivity index is 0. The molecule has 0 spiro atoms. The van der Waals surface area contributed by atoms with Crippen molar-refractivity contribution in [1.29, 1.82) is 0 Å². The van der Waals surface area contributed by atoms with Crippen LogP contribution in [0.4, 0.5) is 0 Å². The Morgan fingerprint density at radius 3 is 1.82 bits per heavy atom. The molecule has 0 aliphatic rings. The topological polar surface area (TPSA) is 80.7 Å². The number of carbonyl (C=O) groups excluding carboxylic acids is 1. The minimum atomic E-state index is -3.67. The standard InChI is InChI=1S/C4H8O2.CH4O3S/c1-3-6-4(2)5;1-5(2,3)4/h3H2,1-2H3;1H3,(H,2,3,4). The van der Waals surface area contributed by atoms with Crippen LogP contribution in [0.15, 0.2) is 0 Å². The van der Waals surface area contributed by atoms with E-state index >= 15 is 0 Å². The van der Waals surface area contributed by atoms with Crippen LogP contribution in [-0.4, -0.2) is 31.8 Å². The Labute approximate surface area is 66.1 Å². The molecule has 0 rings (SSSR count). The van der Waals surface area contributed by atoms with Crippen molar-refractivity contribution in [3.63, 3.8) is 0 Å². The number of hydrogen-bond donors (Lipinski definition) is 1. The molecule has 0 bridgehead atoms. The lowest BCUT2D eigenvalue weighted by Crippen LogP contribution is -1.95. The summed E-state index contributed by atoms with van der Waals surface area (Å²) in [4.78, 5) is 9.82. The molecule has 11 heavy (non-hydrogen) atoms. The summed E-state index contributed by atoms with van der Waals surface area (Å²) < 4.78 is 30.3. The first kappa shape index (κ1) is 13.0. The predicted octanol–water partition coefficient (Wildman–Crippen LogP) is 0.0734. The van der Waals surface area contributed by atoms with Crippen LogP contribution in [0.5, 0.6) is 0 Å². The van der Waals surface area contributed by atoms with Gasteiger partial charge >= 0.3 is 5.97 Å². The molecule has 0 amide bonds. The van der Waals surface area contributed by atoms with E-state index in [1.807, 2.05) is 0 Å². The van der Waals surface area contributed by atoms with Gasteiger partial charge in [0.2, 0.25) is 0 Å². The monoisotopic (exact) mass is 184 g/mol. The van der Waals surface area contributed by atoms with E-state index in [-0.39, 0.29) is 5.97 Å². The molecule has 0 aliphatic heterocycles. The Hall–Kier alpha value is -0.620. The van der Waals surface area contributed by atoms with Crippen molar-refractivity contribution in [1.82, 2.24) is 0 Å². The van der Waals surface area contributed by atoms with Gasteiger partial charge in [-0.25, -0.2) is 0 Å². The molecular formula is C5H12O5S. The maximum atomic E-state index is 9.82. The number of ether oxygens (including phenoxy) is 1. The second-order valence-corrected chi connectivity index (χ2v) is 3.12. The summed E-state index contributed by atoms with van der Waals surface area (Å²) in [6.45, 7) is 3.65. The number of rotatable bonds is 1. The minimum Gasteiger partial charge on any atom is -0.466 e. The van der Waals surface area contributed by atoms with Crippen molar-refractivity contribution in [2.24, 2.45) is 0 Å². The van der Waals surface area contributed by atoms with Crippen molar-refractivity contribution in [3.05, 3.63) is 0 Å². The van der Waals surface area contributed by atoms with Gasteiger partial charge in [0.25, 0.3) is 10.1 Å². The maximum absolute atomic E-state index is 9.82. The highest BCUT2D eigenvalue weighted by Crippen LogP contribution is 1.69. The van der Waals surface area contributed by atoms with Crippen molar-refractivity contribution < 1.29 is 22.5 Å². The van der Waals surface area contributed by atoms with Gasteiger partial charge in [0.1, 0.15) is 0 Å². The van der Waals surface area contributed by atoms with E-state index in [4.69, 9.17) is 4.55 Å². The Bertz CT molecular complexity index is 185. The SMILES string of the molecule is CCOC(C)=O.CS(=O)(=O)O. The molecule has 0 radical (unpaired) electrons. The lowest BCUT2D eigenvalue weighted by molar-refractivity contribution is -0.140. The summed E-state index contributed by atoms with van der Waals surface area (Å²) in [6, 6.07) is 0. The van der Waals surface area contributed by atoms with E-state index in [0.29, 0.717) is 12.9 Å². The lowest BCUT2D eigenvalue weighted by atomic mass is 10.8. The molecule has 6 heteroatoms. The third-order valence-corrected chi connectivity index (χ3v) is 0.348. The Kier molecular flexibility index (Phi) is 7.23. The molecular weight excluding hydrogens is 172 g/mol. The molecule has 0 fully saturated rings. The predicted molar refractivity (Wildman–Crippen MR) is 39.8 cm³/mol. The van der Waals surface area contributed by atoms with Gasteiger partial charge in [0.05, 0.1) is 12.9 Å². The maximum Gasteiger partial charge on any atom is 0.302 e. The summed E-state index contributed by atoms with van der Waals surface area (Å²) in [6.07, 6.45) is 0.715. The zero-order valence-corrected chi connectivity index (χ0v) is 7.51. The fourth-order valence-electron chi connectivity index (χ4n) is 0.203. The molecule has 0 atom stereocenters. The third kappa shape index (κ3) is 90.2. The van der Waals surface area contributed by atoms with Crippen molar-refractivity contribution in [2.75, 3.05) is 12.9 Å². The zero-order valence-electron chi connectivity index (χ0n) is 6.70. The van der Waals surface area contributed by atoms with Gasteiger partial charge in [-0.3, -0.25) is 9.35 Å². The van der Waals surface area contributed by atoms with Crippen molar-refractivity contribution in [2.45, 2.75) is 13.8 Å². The van der Waals surface area contributed by atoms with Gasteiger partial charge in [0, 0.05) is 6.92 Å². The van der Waals surface area contributed by atoms with Crippen molar-refractivity contribution in [3.8, 4) is 0 Å². The summed E-state index contributed by atoms with van der Waals surface area (Å²) in [5.41, 5.74) is 0. The van der Waals surface area contributed by atoms with Crippen LogP contribution < -0.4 is 0 Å². The second-order valence-electron chi connectivity index (χ2n) is 1.66. The van der Waals surface area contributed by atoms with Crippen LogP contribution in [-0.2, 0) is 19.6 Å². The Morgan fingerprint density at radius 2 is 1.82 bits per heavy atom. The zero-order chi connectivity index (χ0) is 9.49. The van der Waals surface area contributed by atoms with Crippen LogP contribution in [0.25, 0.3) is 0 Å². The highest BCUT2D eigenvalue weighted by Gasteiger charge is 1.82. The van der Waals surface area contributed by atoms with Crippen LogP contribution in [0.2, 0.25) is 0 Å². The van der Waals surface area contributed by atoms with E-state index in [2.05, 4.69) is 4.74 Å². The molecule has 68 valence electrons. The van der Waals surface area contributed by atoms with Gasteiger partial charge in [-0.15, -0.1) is 0 Å². The minimum absolute atomic E-state index is 0.211. The third-order valence-electron chi connectivity index (χ3n) is 0.348. The molecule has 5 nitrogen and oxygen atoms in total. The first-order valence-electron chi connectivity index (χ1n) is 2.83. The fraction of sp³-hybridized carbons (Fsp3) is 0.800. The van der Waals surface area contributed by atoms with Crippen molar-refractivity contribution >= 4 is 16.1 Å². The largest absolute Gasteiger partial charge is 0.466 e. The molecule has 0 heterocycles. The summed E-state index contributed by atoms with van der Waals surface area (Å²) >= 11 is 0. The molecule has 0 saturated heterocycles. The fourth-order valence-corrected chi connectivity index (χ4v) is 0.203. The van der Waals surface area contributed by atoms with E-state index in [1.165, 1.54) is 6.92 Å². The number of carbonyl (C=O) groups is 1. The highest BCUT2D eigenvalue weighted by molar-refractivity contribution is 7.85. The van der Waals surface area contributed by atoms with Gasteiger partial charge < -0.3 is 4.74 Å². The van der Waals surface area contributed by atoms with E-state index in [1.54, 1.807) is 6.92 Å². The average molecular weight is 184 g/mol. The van der Waals surface area contributed by atoms with Gasteiger partial charge in [0.15, 0.2) is 0 Å². The van der Waals surface area contributed by atoms with Gasteiger partial charge in [-0.1, -0.05) is 0 Å². The average Bonchev–Trinajstić information content (AvgIpc) is 1.58. The number of esters is 1. The molecule has 1 N–H and O–H groups in total. The quantitative estimate of drug-likeness (QED) is 0.461. The molecule has 0 aromatic heterocycles. The summed E-state index contributed by atoms with van der Waals surface area (Å²) in [5, 5.41) is 0. The van der Waals surface area contributed by atoms with Crippen LogP contribution in [0, 0.1) is 0 Å². The molecule has 0 unspecified atom stereocenters. The second kappa shape index (κ2) is 6.11. The Morgan fingerprint density at radius 1 is 1.55 bits per heavy atom. The molecule has 0 aromatic carbocycles. The van der Waals surface area contributed by atoms with E-state index in [9.17, 15) is 13.2 Å². The summed E-state index contributed by atoms with van der Waals surface area (Å²) in [5.74, 6) is -0.211. The first-order valence-corrected chi connectivity index (χ1v) is 4.68. The first-order chi connectivity index (χ1) is 4.77. The smallest absolute Gasteiger partial charge is 0.302 e. The van der Waals surface area contributed by atoms with E-state index in [0.717, 1.165) is 0 Å². The molecule has 0 saturated carbocycles. The number of hydrogen-bond acceptors (Lipinski definition) is 4. The highest BCUT2D eigenvalue weighted by atomic mass is 32.2.